The van der Waals surface area contributed by atoms with Gasteiger partial charge in [0.15, 0.2) is 0 Å². The highest BCUT2D eigenvalue weighted by Crippen LogP contribution is 2.51. The Labute approximate surface area is 176 Å². The minimum absolute atomic E-state index is 0.0946. The maximum Gasteiger partial charge on any atom is 0.114 e. The Balaban J connectivity index is 1.71. The normalized spacial score (nSPS) is 19.2. The van der Waals surface area contributed by atoms with E-state index in [2.05, 4.69) is 44.0 Å². The lowest BCUT2D eigenvalue weighted by atomic mass is 9.94. The molecule has 0 bridgehead atoms. The number of hydrogen-bond acceptors (Lipinski definition) is 4. The molecule has 6 heteroatoms. The summed E-state index contributed by atoms with van der Waals surface area (Å²) >= 11 is 10.5. The van der Waals surface area contributed by atoms with Crippen LogP contribution >= 0.6 is 54.5 Å². The summed E-state index contributed by atoms with van der Waals surface area (Å²) in [5.41, 5.74) is 0.873. The van der Waals surface area contributed by atoms with Gasteiger partial charge in [-0.2, -0.15) is 0 Å². The molecule has 1 aromatic carbocycles. The predicted molar refractivity (Wildman–Crippen MR) is 117 cm³/mol. The molecule has 0 saturated carbocycles. The van der Waals surface area contributed by atoms with Gasteiger partial charge in [0.1, 0.15) is 6.10 Å². The van der Waals surface area contributed by atoms with Crippen molar-refractivity contribution in [1.29, 1.82) is 0 Å². The number of hydrogen-bond donors (Lipinski definition) is 2. The third-order valence-corrected chi connectivity index (χ3v) is 9.88. The first kappa shape index (κ1) is 18.6. The summed E-state index contributed by atoms with van der Waals surface area (Å²) < 4.78 is 3.98. The third kappa shape index (κ3) is 3.28. The molecule has 0 saturated heterocycles. The molecule has 0 fully saturated rings. The standard InChI is InChI=1S/C20H16Br2O2S2/c21-13-17(15(23)11-7-3-1-4-8-11)25-20-14(22)18(26-19(13)20)16(24)12-9-5-2-6-10-12/h1-9,12,15-16,23-24H,10H2. The summed E-state index contributed by atoms with van der Waals surface area (Å²) in [6, 6.07) is 9.66. The number of rotatable bonds is 4. The molecule has 134 valence electrons. The molecule has 0 spiro atoms. The largest absolute Gasteiger partial charge is 0.387 e. The number of fused-ring (bicyclic) bond motifs is 1. The second-order valence-corrected chi connectivity index (χ2v) is 9.88. The Hall–Kier alpha value is -0.760. The molecule has 0 aliphatic heterocycles. The smallest absolute Gasteiger partial charge is 0.114 e. The Morgan fingerprint density at radius 2 is 1.58 bits per heavy atom. The third-order valence-electron chi connectivity index (χ3n) is 4.51. The van der Waals surface area contributed by atoms with E-state index >= 15 is 0 Å². The quantitative estimate of drug-likeness (QED) is 0.407. The van der Waals surface area contributed by atoms with Crippen molar-refractivity contribution >= 4 is 63.9 Å². The monoisotopic (exact) mass is 510 g/mol. The fourth-order valence-electron chi connectivity index (χ4n) is 3.10. The Morgan fingerprint density at radius 1 is 0.923 bits per heavy atom. The number of benzene rings is 1. The van der Waals surface area contributed by atoms with E-state index in [-0.39, 0.29) is 5.92 Å². The van der Waals surface area contributed by atoms with Crippen LogP contribution in [0.25, 0.3) is 9.40 Å². The molecule has 26 heavy (non-hydrogen) atoms. The van der Waals surface area contributed by atoms with Crippen molar-refractivity contribution in [1.82, 2.24) is 0 Å². The summed E-state index contributed by atoms with van der Waals surface area (Å²) in [6.45, 7) is 0. The Morgan fingerprint density at radius 3 is 2.23 bits per heavy atom. The predicted octanol–water partition coefficient (Wildman–Crippen LogP) is 6.74. The summed E-state index contributed by atoms with van der Waals surface area (Å²) in [5.74, 6) is 0.0946. The molecule has 3 atom stereocenters. The van der Waals surface area contributed by atoms with Gasteiger partial charge in [-0.3, -0.25) is 0 Å². The van der Waals surface area contributed by atoms with Gasteiger partial charge in [0, 0.05) is 5.92 Å². The molecule has 2 aromatic heterocycles. The van der Waals surface area contributed by atoms with Crippen molar-refractivity contribution in [2.24, 2.45) is 5.92 Å². The Kier molecular flexibility index (Phi) is 5.51. The molecule has 2 heterocycles. The van der Waals surface area contributed by atoms with Gasteiger partial charge in [0.2, 0.25) is 0 Å². The van der Waals surface area contributed by atoms with Crippen LogP contribution in [0.5, 0.6) is 0 Å². The SMILES string of the molecule is OC(c1ccccc1)c1sc2c(Br)c(C(O)C3C=CC=CC3)sc2c1Br. The van der Waals surface area contributed by atoms with Crippen molar-refractivity contribution in [2.45, 2.75) is 18.6 Å². The van der Waals surface area contributed by atoms with Crippen LogP contribution in [0.2, 0.25) is 0 Å². The van der Waals surface area contributed by atoms with Crippen LogP contribution in [-0.4, -0.2) is 10.2 Å². The number of aliphatic hydroxyl groups is 2. The van der Waals surface area contributed by atoms with E-state index in [4.69, 9.17) is 0 Å². The van der Waals surface area contributed by atoms with Gasteiger partial charge in [-0.25, -0.2) is 0 Å². The number of allylic oxidation sites excluding steroid dienone is 3. The van der Waals surface area contributed by atoms with Crippen LogP contribution < -0.4 is 0 Å². The van der Waals surface area contributed by atoms with E-state index in [9.17, 15) is 10.2 Å². The van der Waals surface area contributed by atoms with Crippen LogP contribution in [0.3, 0.4) is 0 Å². The molecule has 2 N–H and O–H groups in total. The molecule has 1 aliphatic carbocycles. The number of thiophene rings is 2. The fraction of sp³-hybridized carbons (Fsp3) is 0.200. The topological polar surface area (TPSA) is 40.5 Å². The summed E-state index contributed by atoms with van der Waals surface area (Å²) in [7, 11) is 0. The van der Waals surface area contributed by atoms with Gasteiger partial charge >= 0.3 is 0 Å². The minimum atomic E-state index is -0.665. The van der Waals surface area contributed by atoms with Crippen LogP contribution in [-0.2, 0) is 0 Å². The maximum atomic E-state index is 10.8. The van der Waals surface area contributed by atoms with Crippen molar-refractivity contribution in [2.75, 3.05) is 0 Å². The molecule has 0 amide bonds. The van der Waals surface area contributed by atoms with E-state index < -0.39 is 12.2 Å². The van der Waals surface area contributed by atoms with Crippen molar-refractivity contribution < 1.29 is 10.2 Å². The van der Waals surface area contributed by atoms with Crippen molar-refractivity contribution in [3.8, 4) is 0 Å². The average molecular weight is 512 g/mol. The minimum Gasteiger partial charge on any atom is -0.387 e. The summed E-state index contributed by atoms with van der Waals surface area (Å²) in [5, 5.41) is 21.6. The molecule has 3 aromatic rings. The lowest BCUT2D eigenvalue weighted by Gasteiger charge is -2.19. The van der Waals surface area contributed by atoms with Crippen LogP contribution in [0.15, 0.2) is 63.6 Å². The highest BCUT2D eigenvalue weighted by Gasteiger charge is 2.28. The highest BCUT2D eigenvalue weighted by atomic mass is 79.9. The van der Waals surface area contributed by atoms with E-state index in [1.54, 1.807) is 22.7 Å². The summed E-state index contributed by atoms with van der Waals surface area (Å²) in [6.07, 6.45) is 7.79. The van der Waals surface area contributed by atoms with Gasteiger partial charge < -0.3 is 10.2 Å². The van der Waals surface area contributed by atoms with Crippen LogP contribution in [0, 0.1) is 5.92 Å². The lowest BCUT2D eigenvalue weighted by Crippen LogP contribution is -2.10. The maximum absolute atomic E-state index is 10.8. The first-order valence-electron chi connectivity index (χ1n) is 8.22. The molecular formula is C20H16Br2O2S2. The van der Waals surface area contributed by atoms with Gasteiger partial charge in [-0.15, -0.1) is 22.7 Å². The molecule has 2 nitrogen and oxygen atoms in total. The van der Waals surface area contributed by atoms with Crippen molar-refractivity contribution in [3.05, 3.63) is 78.9 Å². The van der Waals surface area contributed by atoms with Crippen LogP contribution in [0.1, 0.15) is 33.9 Å². The average Bonchev–Trinajstić information content (AvgIpc) is 3.19. The summed E-state index contributed by atoms with van der Waals surface area (Å²) in [4.78, 5) is 1.83. The first-order chi connectivity index (χ1) is 12.6. The lowest BCUT2D eigenvalue weighted by molar-refractivity contribution is 0.135. The zero-order valence-electron chi connectivity index (χ0n) is 13.6. The molecule has 4 rings (SSSR count). The molecule has 1 aliphatic rings. The van der Waals surface area contributed by atoms with E-state index in [0.29, 0.717) is 0 Å². The first-order valence-corrected chi connectivity index (χ1v) is 11.4. The van der Waals surface area contributed by atoms with Gasteiger partial charge in [0.05, 0.1) is 34.2 Å². The van der Waals surface area contributed by atoms with Gasteiger partial charge in [0.25, 0.3) is 0 Å². The van der Waals surface area contributed by atoms with E-state index in [1.807, 2.05) is 42.5 Å². The molecular weight excluding hydrogens is 496 g/mol. The fourth-order valence-corrected chi connectivity index (χ4v) is 7.71. The highest BCUT2D eigenvalue weighted by molar-refractivity contribution is 9.11. The number of halogens is 2. The van der Waals surface area contributed by atoms with E-state index in [0.717, 1.165) is 40.1 Å². The zero-order chi connectivity index (χ0) is 18.3. The Bertz CT molecular complexity index is 988. The van der Waals surface area contributed by atoms with Gasteiger partial charge in [-0.05, 0) is 43.8 Å². The molecule has 3 unspecified atom stereocenters. The number of aliphatic hydroxyl groups excluding tert-OH is 2. The second-order valence-electron chi connectivity index (χ2n) is 6.19. The molecule has 0 radical (unpaired) electrons. The van der Waals surface area contributed by atoms with Crippen LogP contribution in [0.4, 0.5) is 0 Å². The van der Waals surface area contributed by atoms with Gasteiger partial charge in [-0.1, -0.05) is 54.6 Å². The van der Waals surface area contributed by atoms with Crippen molar-refractivity contribution in [3.63, 3.8) is 0 Å². The zero-order valence-corrected chi connectivity index (χ0v) is 18.4. The van der Waals surface area contributed by atoms with E-state index in [1.165, 1.54) is 0 Å². The second kappa shape index (κ2) is 7.70.